The first-order valence-electron chi connectivity index (χ1n) is 18.5. The number of allylic oxidation sites excluding steroid dienone is 2. The molecule has 10 nitrogen and oxygen atoms in total. The number of likely N-dealkylation sites (tertiary alicyclic amines) is 1. The van der Waals surface area contributed by atoms with Gasteiger partial charge in [-0.3, -0.25) is 29.3 Å². The maximum Gasteiger partial charge on any atom is 0.330 e. The molecule has 5 atom stereocenters. The van der Waals surface area contributed by atoms with Gasteiger partial charge in [0.05, 0.1) is 29.8 Å². The molecule has 2 aliphatic carbocycles. The summed E-state index contributed by atoms with van der Waals surface area (Å²) in [5.41, 5.74) is 4.44. The Bertz CT molecular complexity index is 2300. The molecule has 2 bridgehead atoms. The van der Waals surface area contributed by atoms with Crippen molar-refractivity contribution in [3.05, 3.63) is 185 Å². The van der Waals surface area contributed by atoms with Gasteiger partial charge in [-0.15, -0.1) is 0 Å². The molecule has 1 saturated carbocycles. The second kappa shape index (κ2) is 15.2. The van der Waals surface area contributed by atoms with Gasteiger partial charge in [-0.1, -0.05) is 91.0 Å². The fourth-order valence-corrected chi connectivity index (χ4v) is 8.46. The first-order valence-corrected chi connectivity index (χ1v) is 18.5. The van der Waals surface area contributed by atoms with E-state index in [4.69, 9.17) is 9.72 Å². The van der Waals surface area contributed by atoms with Crippen LogP contribution in [0.1, 0.15) is 35.0 Å². The summed E-state index contributed by atoms with van der Waals surface area (Å²) < 4.78 is 5.45. The van der Waals surface area contributed by atoms with E-state index in [1.54, 1.807) is 54.9 Å². The zero-order valence-corrected chi connectivity index (χ0v) is 30.5. The predicted molar refractivity (Wildman–Crippen MR) is 210 cm³/mol. The Hall–Kier alpha value is -6.78. The third kappa shape index (κ3) is 6.54. The van der Waals surface area contributed by atoms with E-state index in [1.807, 2.05) is 91.0 Å². The Labute approximate surface area is 323 Å². The number of hydrogen-bond acceptors (Lipinski definition) is 8. The van der Waals surface area contributed by atoms with E-state index >= 15 is 0 Å². The van der Waals surface area contributed by atoms with Gasteiger partial charge in [-0.05, 0) is 70.3 Å². The van der Waals surface area contributed by atoms with E-state index in [2.05, 4.69) is 10.3 Å². The standard InChI is InChI=1S/C46H38N4O6/c1-29(51)49-33-21-18-30(19-22-33)20-23-38(52)56-27-26-50-44(53)41-34-28-35(46(55,32-14-6-3-7-15-32)37-17-9-11-25-48-37)42(43(41)45(50)54)40(34)39(31-12-4-2-5-13-31)36-16-8-10-24-47-36/h2-25,28,34,41-43,55H,26-27H2,1H3,(H,49,51)/b23-20+,40-39?/t34-,41-,42+,43-,46?/m0/s1. The maximum atomic E-state index is 14.6. The van der Waals surface area contributed by atoms with Crippen molar-refractivity contribution in [2.75, 3.05) is 18.5 Å². The number of carbonyl (C=O) groups is 4. The molecule has 10 heteroatoms. The average molecular weight is 743 g/mol. The number of amides is 3. The number of carbonyl (C=O) groups excluding carboxylic acids is 4. The van der Waals surface area contributed by atoms with Crippen LogP contribution in [0.3, 0.4) is 0 Å². The Morgan fingerprint density at radius 3 is 2.14 bits per heavy atom. The van der Waals surface area contributed by atoms with Crippen molar-refractivity contribution >= 4 is 41.0 Å². The lowest BCUT2D eigenvalue weighted by molar-refractivity contribution is -0.145. The Morgan fingerprint density at radius 1 is 0.821 bits per heavy atom. The minimum atomic E-state index is -1.73. The second-order valence-corrected chi connectivity index (χ2v) is 14.0. The van der Waals surface area contributed by atoms with E-state index < -0.39 is 35.2 Å². The Morgan fingerprint density at radius 2 is 1.48 bits per heavy atom. The summed E-state index contributed by atoms with van der Waals surface area (Å²) in [4.78, 5) is 63.6. The van der Waals surface area contributed by atoms with Gasteiger partial charge in [0, 0.05) is 48.5 Å². The van der Waals surface area contributed by atoms with Crippen LogP contribution in [0.25, 0.3) is 11.6 Å². The molecule has 1 aliphatic heterocycles. The van der Waals surface area contributed by atoms with Gasteiger partial charge >= 0.3 is 5.97 Å². The lowest BCUT2D eigenvalue weighted by Crippen LogP contribution is -2.39. The molecule has 3 aromatic carbocycles. The number of benzene rings is 3. The van der Waals surface area contributed by atoms with Crippen LogP contribution in [0.15, 0.2) is 157 Å². The number of rotatable bonds is 11. The number of aliphatic hydroxyl groups is 1. The van der Waals surface area contributed by atoms with Gasteiger partial charge in [0.2, 0.25) is 17.7 Å². The number of hydrogen-bond donors (Lipinski definition) is 2. The minimum Gasteiger partial charge on any atom is -0.461 e. The molecule has 0 radical (unpaired) electrons. The van der Waals surface area contributed by atoms with Crippen molar-refractivity contribution < 1.29 is 29.0 Å². The molecular formula is C46H38N4O6. The molecule has 2 N–H and O–H groups in total. The van der Waals surface area contributed by atoms with Gasteiger partial charge in [0.25, 0.3) is 0 Å². The number of pyridine rings is 2. The number of nitrogens with one attached hydrogen (secondary N) is 1. The number of aromatic nitrogens is 2. The van der Waals surface area contributed by atoms with Crippen LogP contribution in [0.4, 0.5) is 5.69 Å². The molecule has 5 aromatic rings. The van der Waals surface area contributed by atoms with E-state index in [1.165, 1.54) is 17.9 Å². The van der Waals surface area contributed by atoms with E-state index in [0.717, 1.165) is 22.3 Å². The van der Waals surface area contributed by atoms with E-state index in [-0.39, 0.29) is 30.9 Å². The smallest absolute Gasteiger partial charge is 0.330 e. The summed E-state index contributed by atoms with van der Waals surface area (Å²) in [7, 11) is 0. The van der Waals surface area contributed by atoms with Gasteiger partial charge < -0.3 is 15.2 Å². The molecule has 8 rings (SSSR count). The first-order chi connectivity index (χ1) is 27.3. The van der Waals surface area contributed by atoms with Crippen LogP contribution in [0.2, 0.25) is 0 Å². The lowest BCUT2D eigenvalue weighted by atomic mass is 9.71. The van der Waals surface area contributed by atoms with Crippen molar-refractivity contribution in [2.24, 2.45) is 23.7 Å². The highest BCUT2D eigenvalue weighted by atomic mass is 16.5. The van der Waals surface area contributed by atoms with Crippen molar-refractivity contribution in [1.29, 1.82) is 0 Å². The quantitative estimate of drug-likeness (QED) is 0.0705. The fourth-order valence-electron chi connectivity index (χ4n) is 8.46. The van der Waals surface area contributed by atoms with Crippen LogP contribution in [-0.4, -0.2) is 56.8 Å². The average Bonchev–Trinajstić information content (AvgIpc) is 3.84. The third-order valence-corrected chi connectivity index (χ3v) is 10.7. The second-order valence-electron chi connectivity index (χ2n) is 14.0. The zero-order valence-electron chi connectivity index (χ0n) is 30.5. The third-order valence-electron chi connectivity index (χ3n) is 10.7. The van der Waals surface area contributed by atoms with Crippen LogP contribution in [-0.2, 0) is 29.5 Å². The highest BCUT2D eigenvalue weighted by Gasteiger charge is 2.66. The molecular weight excluding hydrogens is 705 g/mol. The van der Waals surface area contributed by atoms with Crippen LogP contribution in [0, 0.1) is 23.7 Å². The Kier molecular flexibility index (Phi) is 9.80. The maximum absolute atomic E-state index is 14.6. The van der Waals surface area contributed by atoms with Crippen molar-refractivity contribution in [3.63, 3.8) is 0 Å². The summed E-state index contributed by atoms with van der Waals surface area (Å²) in [6.45, 7) is 1.12. The van der Waals surface area contributed by atoms with Gasteiger partial charge in [-0.25, -0.2) is 4.79 Å². The largest absolute Gasteiger partial charge is 0.461 e. The Balaban J connectivity index is 1.13. The van der Waals surface area contributed by atoms with Crippen molar-refractivity contribution in [3.8, 4) is 0 Å². The number of nitrogens with zero attached hydrogens (tertiary/aromatic N) is 3. The van der Waals surface area contributed by atoms with Crippen molar-refractivity contribution in [1.82, 2.24) is 14.9 Å². The molecule has 0 spiro atoms. The summed E-state index contributed by atoms with van der Waals surface area (Å²) in [6, 6.07) is 37.1. The summed E-state index contributed by atoms with van der Waals surface area (Å²) in [6.07, 6.45) is 8.17. The molecule has 1 saturated heterocycles. The fraction of sp³-hybridized carbons (Fsp3) is 0.174. The van der Waals surface area contributed by atoms with Crippen molar-refractivity contribution in [2.45, 2.75) is 12.5 Å². The van der Waals surface area contributed by atoms with Gasteiger partial charge in [0.1, 0.15) is 6.61 Å². The minimum absolute atomic E-state index is 0.113. The molecule has 278 valence electrons. The van der Waals surface area contributed by atoms with Crippen LogP contribution in [0.5, 0.6) is 0 Å². The normalized spacial score (nSPS) is 21.8. The van der Waals surface area contributed by atoms with Gasteiger partial charge in [0.15, 0.2) is 5.60 Å². The molecule has 3 aliphatic rings. The molecule has 56 heavy (non-hydrogen) atoms. The molecule has 3 amide bonds. The number of ether oxygens (including phenoxy) is 1. The van der Waals surface area contributed by atoms with Crippen LogP contribution >= 0.6 is 0 Å². The topological polar surface area (TPSA) is 139 Å². The molecule has 3 heterocycles. The first kappa shape index (κ1) is 36.2. The molecule has 2 aromatic heterocycles. The number of esters is 1. The highest BCUT2D eigenvalue weighted by molar-refractivity contribution is 6.08. The number of anilines is 1. The van der Waals surface area contributed by atoms with E-state index in [9.17, 15) is 24.3 Å². The highest BCUT2D eigenvalue weighted by Crippen LogP contribution is 2.64. The lowest BCUT2D eigenvalue weighted by Gasteiger charge is -2.36. The predicted octanol–water partition coefficient (Wildman–Crippen LogP) is 6.22. The number of imide groups is 1. The summed E-state index contributed by atoms with van der Waals surface area (Å²) >= 11 is 0. The zero-order chi connectivity index (χ0) is 38.8. The van der Waals surface area contributed by atoms with E-state index in [0.29, 0.717) is 28.2 Å². The van der Waals surface area contributed by atoms with Gasteiger partial charge in [-0.2, -0.15) is 0 Å². The molecule has 2 fully saturated rings. The monoisotopic (exact) mass is 742 g/mol. The SMILES string of the molecule is CC(=O)Nc1ccc(/C=C/C(=O)OCCN2C(=O)[C@@H]3[C@@H]4C(C(O)(c5ccccc5)c5ccccn5)=C[C@@H](C4=C(c4ccccc4)c4ccccn4)[C@@H]3C2=O)cc1. The number of fused-ring (bicyclic) bond motifs is 5. The van der Waals surface area contributed by atoms with Crippen LogP contribution < -0.4 is 5.32 Å². The molecule has 1 unspecified atom stereocenters. The summed E-state index contributed by atoms with van der Waals surface area (Å²) in [5, 5.41) is 15.8. The summed E-state index contributed by atoms with van der Waals surface area (Å²) in [5.74, 6) is -4.31.